The first-order valence-electron chi connectivity index (χ1n) is 4.76. The Kier molecular flexibility index (Phi) is 5.28. The maximum atomic E-state index is 9.81. The van der Waals surface area contributed by atoms with E-state index in [4.69, 9.17) is 5.53 Å². The number of azide groups is 1. The van der Waals surface area contributed by atoms with Gasteiger partial charge in [0.2, 0.25) is 0 Å². The Bertz CT molecular complexity index is 393. The van der Waals surface area contributed by atoms with Crippen LogP contribution in [-0.4, -0.2) is 21.6 Å². The summed E-state index contributed by atoms with van der Waals surface area (Å²) in [7, 11) is 0. The van der Waals surface area contributed by atoms with Crippen molar-refractivity contribution in [1.82, 2.24) is 0 Å². The van der Waals surface area contributed by atoms with Gasteiger partial charge in [0.1, 0.15) is 6.10 Å². The van der Waals surface area contributed by atoms with Gasteiger partial charge >= 0.3 is 0 Å². The van der Waals surface area contributed by atoms with Crippen molar-refractivity contribution in [2.45, 2.75) is 18.6 Å². The minimum Gasteiger partial charge on any atom is -0.390 e. The van der Waals surface area contributed by atoms with Crippen LogP contribution in [-0.2, 0) is 0 Å². The molecule has 0 spiro atoms. The first-order chi connectivity index (χ1) is 7.69. The highest BCUT2D eigenvalue weighted by Gasteiger charge is 2.17. The van der Waals surface area contributed by atoms with Crippen LogP contribution >= 0.6 is 15.9 Å². The molecule has 0 amide bonds. The van der Waals surface area contributed by atoms with Crippen molar-refractivity contribution in [2.75, 3.05) is 5.33 Å². The highest BCUT2D eigenvalue weighted by molar-refractivity contribution is 9.09. The van der Waals surface area contributed by atoms with E-state index in [0.717, 1.165) is 0 Å². The molecule has 1 aromatic rings. The molecule has 0 saturated carbocycles. The molecule has 6 heteroatoms. The van der Waals surface area contributed by atoms with Crippen LogP contribution in [0.4, 0.5) is 5.69 Å². The van der Waals surface area contributed by atoms with E-state index in [1.165, 1.54) is 0 Å². The second-order valence-electron chi connectivity index (χ2n) is 3.27. The van der Waals surface area contributed by atoms with Crippen molar-refractivity contribution in [3.8, 4) is 0 Å². The number of aliphatic hydroxyl groups excluding tert-OH is 2. The van der Waals surface area contributed by atoms with E-state index in [0.29, 0.717) is 23.0 Å². The van der Waals surface area contributed by atoms with E-state index in [-0.39, 0.29) is 0 Å². The summed E-state index contributed by atoms with van der Waals surface area (Å²) in [5, 5.41) is 23.5. The highest BCUT2D eigenvalue weighted by Crippen LogP contribution is 2.23. The Morgan fingerprint density at radius 3 is 2.81 bits per heavy atom. The van der Waals surface area contributed by atoms with Crippen LogP contribution in [0.15, 0.2) is 29.4 Å². The van der Waals surface area contributed by atoms with E-state index >= 15 is 0 Å². The quantitative estimate of drug-likeness (QED) is 0.377. The topological polar surface area (TPSA) is 89.2 Å². The number of hydrogen-bond donors (Lipinski definition) is 2. The lowest BCUT2D eigenvalue weighted by atomic mass is 10.0. The van der Waals surface area contributed by atoms with Crippen molar-refractivity contribution in [3.63, 3.8) is 0 Å². The van der Waals surface area contributed by atoms with Crippen LogP contribution in [0.1, 0.15) is 18.1 Å². The van der Waals surface area contributed by atoms with Crippen LogP contribution in [0, 0.1) is 0 Å². The molecule has 0 aliphatic carbocycles. The van der Waals surface area contributed by atoms with Gasteiger partial charge < -0.3 is 10.2 Å². The molecule has 2 atom stereocenters. The molecule has 0 heterocycles. The van der Waals surface area contributed by atoms with Crippen LogP contribution in [0.5, 0.6) is 0 Å². The first-order valence-corrected chi connectivity index (χ1v) is 5.88. The van der Waals surface area contributed by atoms with Crippen LogP contribution in [0.3, 0.4) is 0 Å². The molecule has 5 nitrogen and oxygen atoms in total. The standard InChI is InChI=1S/C10H12BrN3O2/c11-5-4-9(15)10(16)7-2-1-3-8(6-7)13-14-12/h1-3,6,9-10,15-16H,4-5H2. The summed E-state index contributed by atoms with van der Waals surface area (Å²) in [6.07, 6.45) is -1.35. The summed E-state index contributed by atoms with van der Waals surface area (Å²) in [6, 6.07) is 6.54. The van der Waals surface area contributed by atoms with E-state index in [2.05, 4.69) is 26.0 Å². The summed E-state index contributed by atoms with van der Waals surface area (Å²) in [5.74, 6) is 0. The summed E-state index contributed by atoms with van der Waals surface area (Å²) >= 11 is 3.19. The second-order valence-corrected chi connectivity index (χ2v) is 4.07. The van der Waals surface area contributed by atoms with Crippen molar-refractivity contribution < 1.29 is 10.2 Å². The van der Waals surface area contributed by atoms with Gasteiger partial charge in [-0.25, -0.2) is 0 Å². The normalized spacial score (nSPS) is 13.9. The highest BCUT2D eigenvalue weighted by atomic mass is 79.9. The average Bonchev–Trinajstić information content (AvgIpc) is 2.29. The third kappa shape index (κ3) is 3.50. The van der Waals surface area contributed by atoms with E-state index in [9.17, 15) is 10.2 Å². The third-order valence-electron chi connectivity index (χ3n) is 2.14. The van der Waals surface area contributed by atoms with Gasteiger partial charge in [-0.15, -0.1) is 0 Å². The van der Waals surface area contributed by atoms with Gasteiger partial charge in [0, 0.05) is 15.9 Å². The summed E-state index contributed by atoms with van der Waals surface area (Å²) in [4.78, 5) is 2.66. The molecule has 0 saturated heterocycles. The predicted molar refractivity (Wildman–Crippen MR) is 64.6 cm³/mol. The Hall–Kier alpha value is -1.07. The maximum Gasteiger partial charge on any atom is 0.105 e. The smallest absolute Gasteiger partial charge is 0.105 e. The number of halogens is 1. The monoisotopic (exact) mass is 285 g/mol. The number of rotatable bonds is 5. The van der Waals surface area contributed by atoms with Crippen molar-refractivity contribution in [3.05, 3.63) is 40.3 Å². The number of nitrogens with zero attached hydrogens (tertiary/aromatic N) is 3. The van der Waals surface area contributed by atoms with Crippen molar-refractivity contribution in [2.24, 2.45) is 5.11 Å². The van der Waals surface area contributed by atoms with Crippen LogP contribution < -0.4 is 0 Å². The first kappa shape index (κ1) is 13.0. The molecule has 0 aromatic heterocycles. The lowest BCUT2D eigenvalue weighted by Gasteiger charge is -2.17. The van der Waals surface area contributed by atoms with Crippen LogP contribution in [0.2, 0.25) is 0 Å². The molecule has 1 rings (SSSR count). The van der Waals surface area contributed by atoms with Gasteiger partial charge in [-0.2, -0.15) is 0 Å². The fourth-order valence-corrected chi connectivity index (χ4v) is 1.78. The van der Waals surface area contributed by atoms with E-state index in [1.54, 1.807) is 24.3 Å². The fourth-order valence-electron chi connectivity index (χ4n) is 1.31. The predicted octanol–water partition coefficient (Wildman–Crippen LogP) is 2.81. The third-order valence-corrected chi connectivity index (χ3v) is 2.60. The number of alkyl halides is 1. The van der Waals surface area contributed by atoms with Crippen LogP contribution in [0.25, 0.3) is 10.4 Å². The molecule has 16 heavy (non-hydrogen) atoms. The molecular formula is C10H12BrN3O2. The summed E-state index contributed by atoms with van der Waals surface area (Å²) in [5.41, 5.74) is 9.24. The Morgan fingerprint density at radius 2 is 2.19 bits per heavy atom. The lowest BCUT2D eigenvalue weighted by molar-refractivity contribution is 0.0174. The molecule has 2 N–H and O–H groups in total. The number of hydrogen-bond acceptors (Lipinski definition) is 3. The van der Waals surface area contributed by atoms with Gasteiger partial charge in [-0.1, -0.05) is 39.2 Å². The molecule has 0 bridgehead atoms. The van der Waals surface area contributed by atoms with Crippen molar-refractivity contribution in [1.29, 1.82) is 0 Å². The minimum absolute atomic E-state index is 0.421. The number of benzene rings is 1. The SMILES string of the molecule is [N-]=[N+]=Nc1cccc(C(O)C(O)CCBr)c1. The van der Waals surface area contributed by atoms with Gasteiger partial charge in [0.15, 0.2) is 0 Å². The molecule has 2 unspecified atom stereocenters. The fraction of sp³-hybridized carbons (Fsp3) is 0.400. The van der Waals surface area contributed by atoms with Gasteiger partial charge in [-0.3, -0.25) is 0 Å². The Balaban J connectivity index is 2.86. The van der Waals surface area contributed by atoms with E-state index < -0.39 is 12.2 Å². The zero-order valence-corrected chi connectivity index (χ0v) is 10.1. The number of aliphatic hydroxyl groups is 2. The Morgan fingerprint density at radius 1 is 1.44 bits per heavy atom. The average molecular weight is 286 g/mol. The molecule has 86 valence electrons. The zero-order valence-electron chi connectivity index (χ0n) is 8.49. The zero-order chi connectivity index (χ0) is 12.0. The molecule has 0 fully saturated rings. The molecular weight excluding hydrogens is 274 g/mol. The lowest BCUT2D eigenvalue weighted by Crippen LogP contribution is -2.18. The Labute approximate surface area is 101 Å². The molecule has 1 aromatic carbocycles. The minimum atomic E-state index is -0.966. The van der Waals surface area contributed by atoms with Gasteiger partial charge in [0.05, 0.1) is 6.10 Å². The largest absolute Gasteiger partial charge is 0.390 e. The molecule has 0 aliphatic heterocycles. The summed E-state index contributed by atoms with van der Waals surface area (Å²) < 4.78 is 0. The molecule has 0 aliphatic rings. The van der Waals surface area contributed by atoms with Crippen molar-refractivity contribution >= 4 is 21.6 Å². The molecule has 0 radical (unpaired) electrons. The second kappa shape index (κ2) is 6.50. The van der Waals surface area contributed by atoms with Gasteiger partial charge in [-0.05, 0) is 23.6 Å². The van der Waals surface area contributed by atoms with Gasteiger partial charge in [0.25, 0.3) is 0 Å². The van der Waals surface area contributed by atoms with E-state index in [1.807, 2.05) is 0 Å². The maximum absolute atomic E-state index is 9.81. The summed E-state index contributed by atoms with van der Waals surface area (Å²) in [6.45, 7) is 0.